The van der Waals surface area contributed by atoms with E-state index in [1.807, 2.05) is 0 Å². The Morgan fingerprint density at radius 2 is 2.11 bits per heavy atom. The number of piperazine rings is 1. The Kier molecular flexibility index (Phi) is 3.88. The van der Waals surface area contributed by atoms with E-state index < -0.39 is 6.10 Å². The maximum atomic E-state index is 14.1. The quantitative estimate of drug-likeness (QED) is 0.872. The molecule has 100 valence electrons. The first-order chi connectivity index (χ1) is 8.50. The maximum Gasteiger partial charge on any atom is 0.146 e. The van der Waals surface area contributed by atoms with Gasteiger partial charge in [0.25, 0.3) is 0 Å². The molecule has 1 N–H and O–H groups in total. The predicted molar refractivity (Wildman–Crippen MR) is 71.3 cm³/mol. The van der Waals surface area contributed by atoms with Gasteiger partial charge in [0.05, 0.1) is 11.8 Å². The molecule has 1 fully saturated rings. The Balaban J connectivity index is 2.38. The molecule has 1 saturated heterocycles. The minimum absolute atomic E-state index is 0.246. The van der Waals surface area contributed by atoms with Crippen LogP contribution in [-0.2, 0) is 0 Å². The van der Waals surface area contributed by atoms with Crippen LogP contribution in [0.2, 0.25) is 0 Å². The average molecular weight is 252 g/mol. The first-order valence-corrected chi connectivity index (χ1v) is 6.42. The fourth-order valence-corrected chi connectivity index (χ4v) is 2.64. The lowest BCUT2D eigenvalue weighted by Gasteiger charge is -2.41. The summed E-state index contributed by atoms with van der Waals surface area (Å²) >= 11 is 0. The van der Waals surface area contributed by atoms with Gasteiger partial charge in [-0.15, -0.1) is 0 Å². The number of anilines is 1. The van der Waals surface area contributed by atoms with Gasteiger partial charge in [0.1, 0.15) is 5.82 Å². The van der Waals surface area contributed by atoms with Crippen LogP contribution in [0.3, 0.4) is 0 Å². The molecule has 2 atom stereocenters. The molecule has 1 aromatic rings. The number of likely N-dealkylation sites (N-methyl/N-ethyl adjacent to an activating group) is 1. The maximum absolute atomic E-state index is 14.1. The number of benzene rings is 1. The number of hydrogen-bond donors (Lipinski definition) is 1. The van der Waals surface area contributed by atoms with Crippen molar-refractivity contribution in [1.29, 1.82) is 0 Å². The van der Waals surface area contributed by atoms with E-state index in [2.05, 4.69) is 23.8 Å². The van der Waals surface area contributed by atoms with Gasteiger partial charge in [0.15, 0.2) is 0 Å². The molecule has 0 amide bonds. The van der Waals surface area contributed by atoms with Crippen molar-refractivity contribution in [3.8, 4) is 0 Å². The number of hydrogen-bond acceptors (Lipinski definition) is 3. The molecule has 1 aliphatic heterocycles. The van der Waals surface area contributed by atoms with Crippen LogP contribution in [0.4, 0.5) is 10.1 Å². The first kappa shape index (κ1) is 13.3. The zero-order chi connectivity index (χ0) is 13.3. The molecule has 0 spiro atoms. The topological polar surface area (TPSA) is 26.7 Å². The Bertz CT molecular complexity index is 422. The summed E-state index contributed by atoms with van der Waals surface area (Å²) in [7, 11) is 2.07. The van der Waals surface area contributed by atoms with E-state index in [-0.39, 0.29) is 11.9 Å². The van der Waals surface area contributed by atoms with Crippen LogP contribution < -0.4 is 4.90 Å². The highest BCUT2D eigenvalue weighted by Crippen LogP contribution is 2.31. The molecule has 18 heavy (non-hydrogen) atoms. The molecule has 1 aliphatic rings. The van der Waals surface area contributed by atoms with Gasteiger partial charge >= 0.3 is 0 Å². The van der Waals surface area contributed by atoms with Crippen LogP contribution >= 0.6 is 0 Å². The van der Waals surface area contributed by atoms with Crippen LogP contribution in [-0.4, -0.2) is 42.7 Å². The number of nitrogens with zero attached hydrogens (tertiary/aromatic N) is 2. The van der Waals surface area contributed by atoms with Crippen molar-refractivity contribution in [3.05, 3.63) is 29.6 Å². The monoisotopic (exact) mass is 252 g/mol. The molecule has 0 saturated carbocycles. The van der Waals surface area contributed by atoms with E-state index >= 15 is 0 Å². The lowest BCUT2D eigenvalue weighted by Crippen LogP contribution is -2.51. The summed E-state index contributed by atoms with van der Waals surface area (Å²) < 4.78 is 14.1. The summed E-state index contributed by atoms with van der Waals surface area (Å²) in [5.41, 5.74) is 1.24. The molecular weight excluding hydrogens is 231 g/mol. The van der Waals surface area contributed by atoms with Crippen molar-refractivity contribution >= 4 is 5.69 Å². The molecular formula is C14H21FN2O. The van der Waals surface area contributed by atoms with Crippen LogP contribution in [0.5, 0.6) is 0 Å². The first-order valence-electron chi connectivity index (χ1n) is 6.42. The smallest absolute Gasteiger partial charge is 0.146 e. The van der Waals surface area contributed by atoms with Crippen LogP contribution in [0.15, 0.2) is 18.2 Å². The Morgan fingerprint density at radius 1 is 1.39 bits per heavy atom. The standard InChI is InChI=1S/C14H21FN2O/c1-10-9-16(3)7-8-17(10)14-12(11(2)18)5-4-6-13(14)15/h4-6,10-11,18H,7-9H2,1-3H3. The largest absolute Gasteiger partial charge is 0.389 e. The van der Waals surface area contributed by atoms with Crippen molar-refractivity contribution in [3.63, 3.8) is 0 Å². The summed E-state index contributed by atoms with van der Waals surface area (Å²) in [6.07, 6.45) is -0.650. The van der Waals surface area contributed by atoms with Crippen molar-refractivity contribution in [2.24, 2.45) is 0 Å². The number of halogens is 1. The number of rotatable bonds is 2. The number of aliphatic hydroxyl groups excluding tert-OH is 1. The highest BCUT2D eigenvalue weighted by atomic mass is 19.1. The summed E-state index contributed by atoms with van der Waals surface area (Å²) in [6.45, 7) is 6.39. The van der Waals surface area contributed by atoms with Gasteiger partial charge in [-0.05, 0) is 27.0 Å². The van der Waals surface area contributed by atoms with Crippen molar-refractivity contribution in [2.75, 3.05) is 31.6 Å². The molecule has 0 aromatic heterocycles. The van der Waals surface area contributed by atoms with Crippen LogP contribution in [0, 0.1) is 5.82 Å². The predicted octanol–water partition coefficient (Wildman–Crippen LogP) is 2.02. The number of aliphatic hydroxyl groups is 1. The van der Waals surface area contributed by atoms with E-state index in [4.69, 9.17) is 0 Å². The van der Waals surface area contributed by atoms with Crippen molar-refractivity contribution in [2.45, 2.75) is 26.0 Å². The highest BCUT2D eigenvalue weighted by molar-refractivity contribution is 5.57. The van der Waals surface area contributed by atoms with Gasteiger partial charge in [-0.3, -0.25) is 0 Å². The van der Waals surface area contributed by atoms with Crippen molar-refractivity contribution in [1.82, 2.24) is 4.90 Å². The lowest BCUT2D eigenvalue weighted by atomic mass is 10.0. The average Bonchev–Trinajstić information content (AvgIpc) is 2.29. The van der Waals surface area contributed by atoms with Crippen LogP contribution in [0.1, 0.15) is 25.5 Å². The van der Waals surface area contributed by atoms with Gasteiger partial charge < -0.3 is 14.9 Å². The van der Waals surface area contributed by atoms with Gasteiger partial charge in [0.2, 0.25) is 0 Å². The second kappa shape index (κ2) is 5.24. The molecule has 3 nitrogen and oxygen atoms in total. The van der Waals surface area contributed by atoms with Crippen molar-refractivity contribution < 1.29 is 9.50 Å². The minimum atomic E-state index is -0.650. The minimum Gasteiger partial charge on any atom is -0.389 e. The van der Waals surface area contributed by atoms with Gasteiger partial charge in [-0.25, -0.2) is 4.39 Å². The summed E-state index contributed by atoms with van der Waals surface area (Å²) in [5.74, 6) is -0.246. The van der Waals surface area contributed by atoms with E-state index in [1.54, 1.807) is 19.1 Å². The van der Waals surface area contributed by atoms with E-state index in [9.17, 15) is 9.50 Å². The van der Waals surface area contributed by atoms with E-state index in [0.717, 1.165) is 19.6 Å². The highest BCUT2D eigenvalue weighted by Gasteiger charge is 2.26. The number of para-hydroxylation sites is 1. The molecule has 0 aliphatic carbocycles. The third kappa shape index (κ3) is 2.49. The van der Waals surface area contributed by atoms with Crippen LogP contribution in [0.25, 0.3) is 0 Å². The Labute approximate surface area is 108 Å². The van der Waals surface area contributed by atoms with Gasteiger partial charge in [0, 0.05) is 31.2 Å². The molecule has 2 rings (SSSR count). The van der Waals surface area contributed by atoms with E-state index in [1.165, 1.54) is 6.07 Å². The fraction of sp³-hybridized carbons (Fsp3) is 0.571. The fourth-order valence-electron chi connectivity index (χ4n) is 2.64. The Hall–Kier alpha value is -1.13. The zero-order valence-corrected chi connectivity index (χ0v) is 11.2. The summed E-state index contributed by atoms with van der Waals surface area (Å²) in [6, 6.07) is 5.17. The summed E-state index contributed by atoms with van der Waals surface area (Å²) in [4.78, 5) is 4.31. The second-order valence-electron chi connectivity index (χ2n) is 5.16. The lowest BCUT2D eigenvalue weighted by molar-refractivity contribution is 0.198. The molecule has 1 heterocycles. The molecule has 1 aromatic carbocycles. The zero-order valence-electron chi connectivity index (χ0n) is 11.2. The normalized spacial score (nSPS) is 23.2. The third-order valence-corrected chi connectivity index (χ3v) is 3.59. The van der Waals surface area contributed by atoms with Gasteiger partial charge in [-0.2, -0.15) is 0 Å². The molecule has 2 unspecified atom stereocenters. The molecule has 0 bridgehead atoms. The summed E-state index contributed by atoms with van der Waals surface area (Å²) in [5, 5.41) is 9.79. The van der Waals surface area contributed by atoms with E-state index in [0.29, 0.717) is 11.3 Å². The second-order valence-corrected chi connectivity index (χ2v) is 5.16. The third-order valence-electron chi connectivity index (χ3n) is 3.59. The molecule has 4 heteroatoms. The Morgan fingerprint density at radius 3 is 2.72 bits per heavy atom. The molecule has 0 radical (unpaired) electrons. The SMILES string of the molecule is CC(O)c1cccc(F)c1N1CCN(C)CC1C. The van der Waals surface area contributed by atoms with Gasteiger partial charge in [-0.1, -0.05) is 12.1 Å².